The zero-order valence-corrected chi connectivity index (χ0v) is 12.4. The van der Waals surface area contributed by atoms with E-state index in [9.17, 15) is 4.79 Å². The minimum absolute atomic E-state index is 0.0282. The maximum atomic E-state index is 12.0. The Bertz CT molecular complexity index is 760. The smallest absolute Gasteiger partial charge is 0.261 e. The fraction of sp³-hybridized carbons (Fsp3) is 0.188. The predicted molar refractivity (Wildman–Crippen MR) is 86.5 cm³/mol. The lowest BCUT2D eigenvalue weighted by Crippen LogP contribution is -2.24. The summed E-state index contributed by atoms with van der Waals surface area (Å²) >= 11 is 1.45. The average Bonchev–Trinajstić information content (AvgIpc) is 3.14. The molecule has 3 aromatic rings. The lowest BCUT2D eigenvalue weighted by atomic mass is 10.1. The van der Waals surface area contributed by atoms with Gasteiger partial charge in [-0.2, -0.15) is 0 Å². The number of aromatic nitrogens is 1. The molecule has 1 amide bonds. The summed E-state index contributed by atoms with van der Waals surface area (Å²) in [6.07, 6.45) is 2.82. The molecule has 3 rings (SSSR count). The van der Waals surface area contributed by atoms with Gasteiger partial charge >= 0.3 is 0 Å². The van der Waals surface area contributed by atoms with Crippen molar-refractivity contribution in [2.75, 3.05) is 6.54 Å². The number of thiophene rings is 1. The number of nitrogens with two attached hydrogens (primary N) is 1. The van der Waals surface area contributed by atoms with Crippen molar-refractivity contribution in [2.24, 2.45) is 5.73 Å². The highest BCUT2D eigenvalue weighted by atomic mass is 32.1. The molecular weight excluding hydrogens is 282 g/mol. The molecule has 0 atom stereocenters. The van der Waals surface area contributed by atoms with Gasteiger partial charge in [0, 0.05) is 35.1 Å². The largest absolute Gasteiger partial charge is 0.361 e. The topological polar surface area (TPSA) is 70.9 Å². The van der Waals surface area contributed by atoms with Crippen LogP contribution in [-0.4, -0.2) is 17.4 Å². The number of hydrogen-bond acceptors (Lipinski definition) is 3. The highest BCUT2D eigenvalue weighted by Gasteiger charge is 2.09. The summed E-state index contributed by atoms with van der Waals surface area (Å²) < 4.78 is 0. The Morgan fingerprint density at radius 2 is 2.10 bits per heavy atom. The normalized spacial score (nSPS) is 10.9. The Kier molecular flexibility index (Phi) is 4.03. The van der Waals surface area contributed by atoms with Crippen molar-refractivity contribution in [3.8, 4) is 0 Å². The number of fused-ring (bicyclic) bond motifs is 1. The van der Waals surface area contributed by atoms with Crippen LogP contribution in [0.25, 0.3) is 10.9 Å². The minimum Gasteiger partial charge on any atom is -0.361 e. The third-order valence-electron chi connectivity index (χ3n) is 3.44. The molecule has 2 aromatic heterocycles. The molecule has 21 heavy (non-hydrogen) atoms. The summed E-state index contributed by atoms with van der Waals surface area (Å²) in [7, 11) is 0. The number of carbonyl (C=O) groups excluding carboxylic acids is 1. The van der Waals surface area contributed by atoms with Crippen molar-refractivity contribution in [2.45, 2.75) is 13.0 Å². The second-order valence-electron chi connectivity index (χ2n) is 4.84. The number of carbonyl (C=O) groups is 1. The molecule has 0 aliphatic carbocycles. The van der Waals surface area contributed by atoms with Crippen molar-refractivity contribution >= 4 is 28.1 Å². The van der Waals surface area contributed by atoms with E-state index < -0.39 is 0 Å². The summed E-state index contributed by atoms with van der Waals surface area (Å²) in [5, 5.41) is 4.17. The zero-order chi connectivity index (χ0) is 14.7. The van der Waals surface area contributed by atoms with E-state index in [4.69, 9.17) is 5.73 Å². The van der Waals surface area contributed by atoms with E-state index in [1.54, 1.807) is 0 Å². The Hall–Kier alpha value is -2.11. The van der Waals surface area contributed by atoms with Crippen LogP contribution in [0.1, 0.15) is 20.1 Å². The van der Waals surface area contributed by atoms with Crippen LogP contribution in [0.4, 0.5) is 0 Å². The standard InChI is InChI=1S/C16H17N3OS/c17-9-12-5-6-15(21-12)16(20)18-8-7-11-10-19-14-4-2-1-3-13(11)14/h1-6,10,19H,7-9,17H2,(H,18,20). The number of para-hydroxylation sites is 1. The van der Waals surface area contributed by atoms with E-state index in [0.717, 1.165) is 21.7 Å². The Balaban J connectivity index is 1.59. The molecule has 1 aromatic carbocycles. The van der Waals surface area contributed by atoms with Gasteiger partial charge in [-0.3, -0.25) is 4.79 Å². The second kappa shape index (κ2) is 6.11. The quantitative estimate of drug-likeness (QED) is 0.678. The van der Waals surface area contributed by atoms with Gasteiger partial charge in [0.15, 0.2) is 0 Å². The van der Waals surface area contributed by atoms with E-state index in [2.05, 4.69) is 22.4 Å². The summed E-state index contributed by atoms with van der Waals surface area (Å²) in [4.78, 5) is 17.0. The van der Waals surface area contributed by atoms with Gasteiger partial charge in [0.2, 0.25) is 0 Å². The van der Waals surface area contributed by atoms with E-state index >= 15 is 0 Å². The number of amides is 1. The van der Waals surface area contributed by atoms with Crippen LogP contribution < -0.4 is 11.1 Å². The molecule has 0 spiro atoms. The van der Waals surface area contributed by atoms with Gasteiger partial charge in [0.25, 0.3) is 5.91 Å². The molecule has 0 unspecified atom stereocenters. The third-order valence-corrected chi connectivity index (χ3v) is 4.55. The zero-order valence-electron chi connectivity index (χ0n) is 11.6. The van der Waals surface area contributed by atoms with Crippen LogP contribution in [0.5, 0.6) is 0 Å². The summed E-state index contributed by atoms with van der Waals surface area (Å²) in [5.41, 5.74) is 7.91. The van der Waals surface area contributed by atoms with Crippen LogP contribution in [-0.2, 0) is 13.0 Å². The first-order chi connectivity index (χ1) is 10.3. The highest BCUT2D eigenvalue weighted by Crippen LogP contribution is 2.18. The Morgan fingerprint density at radius 3 is 2.90 bits per heavy atom. The van der Waals surface area contributed by atoms with E-state index in [0.29, 0.717) is 13.1 Å². The molecule has 0 fully saturated rings. The van der Waals surface area contributed by atoms with Gasteiger partial charge in [0.05, 0.1) is 4.88 Å². The molecule has 0 radical (unpaired) electrons. The van der Waals surface area contributed by atoms with Crippen molar-refractivity contribution in [1.82, 2.24) is 10.3 Å². The number of nitrogens with one attached hydrogen (secondary N) is 2. The number of benzene rings is 1. The van der Waals surface area contributed by atoms with Gasteiger partial charge in [0.1, 0.15) is 0 Å². The summed E-state index contributed by atoms with van der Waals surface area (Å²) in [6.45, 7) is 1.10. The fourth-order valence-corrected chi connectivity index (χ4v) is 3.15. The van der Waals surface area contributed by atoms with Gasteiger partial charge < -0.3 is 16.0 Å². The molecule has 4 N–H and O–H groups in total. The maximum absolute atomic E-state index is 12.0. The molecular formula is C16H17N3OS. The summed E-state index contributed by atoms with van der Waals surface area (Å²) in [6, 6.07) is 11.9. The van der Waals surface area contributed by atoms with Gasteiger partial charge in [-0.25, -0.2) is 0 Å². The lowest BCUT2D eigenvalue weighted by Gasteiger charge is -2.03. The van der Waals surface area contributed by atoms with E-state index in [1.807, 2.05) is 30.5 Å². The van der Waals surface area contributed by atoms with Gasteiger partial charge in [-0.05, 0) is 30.2 Å². The van der Waals surface area contributed by atoms with Crippen molar-refractivity contribution in [3.05, 3.63) is 57.9 Å². The Labute approximate surface area is 127 Å². The van der Waals surface area contributed by atoms with Crippen LogP contribution in [0, 0.1) is 0 Å². The molecule has 4 nitrogen and oxygen atoms in total. The van der Waals surface area contributed by atoms with Crippen LogP contribution in [0.3, 0.4) is 0 Å². The Morgan fingerprint density at radius 1 is 1.24 bits per heavy atom. The molecule has 5 heteroatoms. The van der Waals surface area contributed by atoms with Gasteiger partial charge in [-0.1, -0.05) is 18.2 Å². The van der Waals surface area contributed by atoms with Crippen molar-refractivity contribution in [1.29, 1.82) is 0 Å². The maximum Gasteiger partial charge on any atom is 0.261 e. The second-order valence-corrected chi connectivity index (χ2v) is 6.00. The van der Waals surface area contributed by atoms with Crippen molar-refractivity contribution in [3.63, 3.8) is 0 Å². The van der Waals surface area contributed by atoms with E-state index in [-0.39, 0.29) is 5.91 Å². The fourth-order valence-electron chi connectivity index (χ4n) is 2.35. The first-order valence-corrected chi connectivity index (χ1v) is 7.71. The first kappa shape index (κ1) is 13.9. The van der Waals surface area contributed by atoms with Crippen LogP contribution >= 0.6 is 11.3 Å². The highest BCUT2D eigenvalue weighted by molar-refractivity contribution is 7.14. The third kappa shape index (κ3) is 2.99. The van der Waals surface area contributed by atoms with Crippen molar-refractivity contribution < 1.29 is 4.79 Å². The van der Waals surface area contributed by atoms with Crippen LogP contribution in [0.2, 0.25) is 0 Å². The monoisotopic (exact) mass is 299 g/mol. The predicted octanol–water partition coefficient (Wildman–Crippen LogP) is 2.66. The first-order valence-electron chi connectivity index (χ1n) is 6.90. The number of H-pyrrole nitrogens is 1. The van der Waals surface area contributed by atoms with E-state index in [1.165, 1.54) is 22.3 Å². The lowest BCUT2D eigenvalue weighted by molar-refractivity contribution is 0.0958. The molecule has 0 bridgehead atoms. The SMILES string of the molecule is NCc1ccc(C(=O)NCCc2c[nH]c3ccccc23)s1. The number of hydrogen-bond donors (Lipinski definition) is 3. The molecule has 2 heterocycles. The summed E-state index contributed by atoms with van der Waals surface area (Å²) in [5.74, 6) is -0.0282. The minimum atomic E-state index is -0.0282. The number of rotatable bonds is 5. The molecule has 0 saturated heterocycles. The van der Waals surface area contributed by atoms with Crippen LogP contribution in [0.15, 0.2) is 42.6 Å². The van der Waals surface area contributed by atoms with Gasteiger partial charge in [-0.15, -0.1) is 11.3 Å². The molecule has 0 aliphatic rings. The average molecular weight is 299 g/mol. The molecule has 108 valence electrons. The molecule has 0 saturated carbocycles. The molecule has 0 aliphatic heterocycles. The number of aromatic amines is 1.